The van der Waals surface area contributed by atoms with Gasteiger partial charge < -0.3 is 4.90 Å². The average molecular weight is 337 g/mol. The van der Waals surface area contributed by atoms with E-state index < -0.39 is 11.9 Å². The summed E-state index contributed by atoms with van der Waals surface area (Å²) in [6.45, 7) is 0.635. The third kappa shape index (κ3) is 2.38. The van der Waals surface area contributed by atoms with Crippen molar-refractivity contribution in [3.63, 3.8) is 0 Å². The van der Waals surface area contributed by atoms with Crippen molar-refractivity contribution < 1.29 is 13.2 Å². The Bertz CT molecular complexity index is 882. The van der Waals surface area contributed by atoms with Crippen molar-refractivity contribution in [3.05, 3.63) is 36.0 Å². The highest BCUT2D eigenvalue weighted by molar-refractivity contribution is 5.50. The van der Waals surface area contributed by atoms with Gasteiger partial charge >= 0.3 is 6.18 Å². The van der Waals surface area contributed by atoms with E-state index in [2.05, 4.69) is 20.2 Å². The van der Waals surface area contributed by atoms with Crippen LogP contribution in [0.2, 0.25) is 0 Å². The van der Waals surface area contributed by atoms with Gasteiger partial charge in [-0.15, -0.1) is 0 Å². The standard InChI is InChI=1S/C14H14F3N7/c1-22-7-9(6-19-22)10-3-2-4-23(10)12-5-11(14(15,16)17)21-13-18-8-20-24(12)13/h5-8,10H,2-4H2,1H3. The molecule has 1 fully saturated rings. The minimum atomic E-state index is -4.54. The normalized spacial score (nSPS) is 18.7. The van der Waals surface area contributed by atoms with Gasteiger partial charge in [-0.3, -0.25) is 4.68 Å². The van der Waals surface area contributed by atoms with Crippen molar-refractivity contribution in [2.75, 3.05) is 11.4 Å². The third-order valence-electron chi connectivity index (χ3n) is 4.18. The fourth-order valence-electron chi connectivity index (χ4n) is 3.15. The van der Waals surface area contributed by atoms with E-state index in [0.717, 1.165) is 24.5 Å². The molecule has 7 nitrogen and oxygen atoms in total. The number of nitrogens with zero attached hydrogens (tertiary/aromatic N) is 7. The zero-order valence-electron chi connectivity index (χ0n) is 12.8. The van der Waals surface area contributed by atoms with Gasteiger partial charge in [-0.25, -0.2) is 4.98 Å². The molecular weight excluding hydrogens is 323 g/mol. The highest BCUT2D eigenvalue weighted by atomic mass is 19.4. The second-order valence-electron chi connectivity index (χ2n) is 5.77. The van der Waals surface area contributed by atoms with Crippen LogP contribution in [0.3, 0.4) is 0 Å². The zero-order chi connectivity index (χ0) is 16.9. The van der Waals surface area contributed by atoms with E-state index in [9.17, 15) is 13.2 Å². The summed E-state index contributed by atoms with van der Waals surface area (Å²) < 4.78 is 42.5. The average Bonchev–Trinajstić information content (AvgIpc) is 3.24. The highest BCUT2D eigenvalue weighted by Gasteiger charge is 2.36. The van der Waals surface area contributed by atoms with Crippen LogP contribution in [0.25, 0.3) is 5.78 Å². The monoisotopic (exact) mass is 337 g/mol. The fourth-order valence-corrected chi connectivity index (χ4v) is 3.15. The molecule has 1 unspecified atom stereocenters. The maximum atomic E-state index is 13.2. The molecule has 3 aromatic heterocycles. The van der Waals surface area contributed by atoms with Crippen LogP contribution in [-0.4, -0.2) is 35.9 Å². The van der Waals surface area contributed by atoms with E-state index in [-0.39, 0.29) is 11.8 Å². The molecule has 0 aromatic carbocycles. The van der Waals surface area contributed by atoms with Gasteiger partial charge in [0.25, 0.3) is 5.78 Å². The van der Waals surface area contributed by atoms with Crippen LogP contribution in [0.15, 0.2) is 24.8 Å². The lowest BCUT2D eigenvalue weighted by molar-refractivity contribution is -0.141. The topological polar surface area (TPSA) is 64.1 Å². The molecule has 0 amide bonds. The predicted molar refractivity (Wildman–Crippen MR) is 78.3 cm³/mol. The van der Waals surface area contributed by atoms with Crippen LogP contribution in [0.4, 0.5) is 19.0 Å². The summed E-state index contributed by atoms with van der Waals surface area (Å²) in [6.07, 6.45) is 2.01. The summed E-state index contributed by atoms with van der Waals surface area (Å²) in [4.78, 5) is 9.30. The Kier molecular flexibility index (Phi) is 3.22. The van der Waals surface area contributed by atoms with Crippen molar-refractivity contribution in [2.45, 2.75) is 25.1 Å². The smallest absolute Gasteiger partial charge is 0.349 e. The van der Waals surface area contributed by atoms with E-state index in [1.165, 1.54) is 10.8 Å². The van der Waals surface area contributed by atoms with Gasteiger partial charge in [-0.2, -0.15) is 32.9 Å². The minimum absolute atomic E-state index is 0.0467. The third-order valence-corrected chi connectivity index (χ3v) is 4.18. The van der Waals surface area contributed by atoms with Crippen LogP contribution in [0, 0.1) is 0 Å². The molecule has 1 atom stereocenters. The number of rotatable bonds is 2. The number of hydrogen-bond donors (Lipinski definition) is 0. The molecular formula is C14H14F3N7. The number of aryl methyl sites for hydroxylation is 1. The van der Waals surface area contributed by atoms with Gasteiger partial charge in [0.2, 0.25) is 0 Å². The van der Waals surface area contributed by atoms with Gasteiger partial charge in [-0.05, 0) is 12.8 Å². The van der Waals surface area contributed by atoms with Crippen molar-refractivity contribution in [1.82, 2.24) is 29.4 Å². The Labute approximate surface area is 134 Å². The maximum absolute atomic E-state index is 13.2. The molecule has 24 heavy (non-hydrogen) atoms. The summed E-state index contributed by atoms with van der Waals surface area (Å²) >= 11 is 0. The molecule has 0 saturated carbocycles. The Morgan fingerprint density at radius 3 is 2.79 bits per heavy atom. The van der Waals surface area contributed by atoms with Gasteiger partial charge in [0.15, 0.2) is 5.69 Å². The largest absolute Gasteiger partial charge is 0.433 e. The number of halogens is 3. The molecule has 1 aliphatic heterocycles. The summed E-state index contributed by atoms with van der Waals surface area (Å²) in [5, 5.41) is 8.19. The fraction of sp³-hybridized carbons (Fsp3) is 0.429. The van der Waals surface area contributed by atoms with E-state index in [1.54, 1.807) is 10.9 Å². The second-order valence-corrected chi connectivity index (χ2v) is 5.77. The Morgan fingerprint density at radius 2 is 2.08 bits per heavy atom. The molecule has 0 radical (unpaired) electrons. The molecule has 0 bridgehead atoms. The van der Waals surface area contributed by atoms with Crippen LogP contribution in [-0.2, 0) is 13.2 Å². The minimum Gasteiger partial charge on any atom is -0.349 e. The molecule has 1 aliphatic rings. The lowest BCUT2D eigenvalue weighted by Gasteiger charge is -2.26. The van der Waals surface area contributed by atoms with Crippen molar-refractivity contribution in [1.29, 1.82) is 0 Å². The van der Waals surface area contributed by atoms with Crippen LogP contribution in [0.5, 0.6) is 0 Å². The SMILES string of the molecule is Cn1cc(C2CCCN2c2cc(C(F)(F)F)nc3ncnn23)cn1. The number of hydrogen-bond acceptors (Lipinski definition) is 5. The first-order chi connectivity index (χ1) is 11.4. The Morgan fingerprint density at radius 1 is 1.25 bits per heavy atom. The summed E-state index contributed by atoms with van der Waals surface area (Å²) in [6, 6.07) is 0.991. The second kappa shape index (κ2) is 5.18. The van der Waals surface area contributed by atoms with Crippen LogP contribution < -0.4 is 4.90 Å². The maximum Gasteiger partial charge on any atom is 0.433 e. The summed E-state index contributed by atoms with van der Waals surface area (Å²) in [5.41, 5.74) is 0.00322. The molecule has 0 N–H and O–H groups in total. The molecule has 0 aliphatic carbocycles. The lowest BCUT2D eigenvalue weighted by Crippen LogP contribution is -2.26. The lowest BCUT2D eigenvalue weighted by atomic mass is 10.1. The molecule has 4 rings (SSSR count). The van der Waals surface area contributed by atoms with Gasteiger partial charge in [0.1, 0.15) is 12.1 Å². The first-order valence-corrected chi connectivity index (χ1v) is 7.46. The van der Waals surface area contributed by atoms with Gasteiger partial charge in [0, 0.05) is 31.4 Å². The molecule has 1 saturated heterocycles. The molecule has 10 heteroatoms. The van der Waals surface area contributed by atoms with Gasteiger partial charge in [-0.1, -0.05) is 0 Å². The predicted octanol–water partition coefficient (Wildman–Crippen LogP) is 2.22. The van der Waals surface area contributed by atoms with E-state index in [4.69, 9.17) is 0 Å². The Balaban J connectivity index is 1.84. The number of anilines is 1. The first-order valence-electron chi connectivity index (χ1n) is 7.46. The summed E-state index contributed by atoms with van der Waals surface area (Å²) in [7, 11) is 1.81. The first kappa shape index (κ1) is 14.9. The van der Waals surface area contributed by atoms with Crippen LogP contribution >= 0.6 is 0 Å². The quantitative estimate of drug-likeness (QED) is 0.717. The molecule has 3 aromatic rings. The highest BCUT2D eigenvalue weighted by Crippen LogP contribution is 2.38. The van der Waals surface area contributed by atoms with Crippen LogP contribution in [0.1, 0.15) is 30.1 Å². The number of alkyl halides is 3. The van der Waals surface area contributed by atoms with Crippen molar-refractivity contribution >= 4 is 11.6 Å². The Hall–Kier alpha value is -2.65. The van der Waals surface area contributed by atoms with E-state index in [0.29, 0.717) is 12.4 Å². The van der Waals surface area contributed by atoms with Crippen molar-refractivity contribution in [3.8, 4) is 0 Å². The van der Waals surface area contributed by atoms with E-state index >= 15 is 0 Å². The molecule has 126 valence electrons. The molecule has 4 heterocycles. The van der Waals surface area contributed by atoms with E-state index in [1.807, 2.05) is 18.1 Å². The number of fused-ring (bicyclic) bond motifs is 1. The zero-order valence-corrected chi connectivity index (χ0v) is 12.8. The molecule has 0 spiro atoms. The van der Waals surface area contributed by atoms with Crippen molar-refractivity contribution in [2.24, 2.45) is 7.05 Å². The summed E-state index contributed by atoms with van der Waals surface area (Å²) in [5.74, 6) is 0.285. The van der Waals surface area contributed by atoms with Gasteiger partial charge in [0.05, 0.1) is 12.2 Å². The number of aromatic nitrogens is 6.